The number of hydrogen-bond acceptors (Lipinski definition) is 6. The average molecular weight is 531 g/mol. The molecule has 0 atom stereocenters. The highest BCUT2D eigenvalue weighted by Crippen LogP contribution is 2.42. The highest BCUT2D eigenvalue weighted by molar-refractivity contribution is 7.99. The summed E-state index contributed by atoms with van der Waals surface area (Å²) in [5.74, 6) is -0.0832. The summed E-state index contributed by atoms with van der Waals surface area (Å²) in [6.45, 7) is 4.26. The summed E-state index contributed by atoms with van der Waals surface area (Å²) < 4.78 is 28.7. The summed E-state index contributed by atoms with van der Waals surface area (Å²) in [6.07, 6.45) is 2.23. The van der Waals surface area contributed by atoms with Crippen LogP contribution < -0.4 is 9.62 Å². The number of para-hydroxylation sites is 1. The maximum atomic E-state index is 13.6. The SMILES string of the molecule is CCc1cccc(NC(=O)CSc2ncc3c(n2)-c2ccccc2N(Cc2ccc(C)cc2)S3(=O)=O)c1. The van der Waals surface area contributed by atoms with Gasteiger partial charge in [-0.3, -0.25) is 9.10 Å². The van der Waals surface area contributed by atoms with Gasteiger partial charge in [0.05, 0.1) is 29.9 Å². The Bertz CT molecular complexity index is 1570. The summed E-state index contributed by atoms with van der Waals surface area (Å²) >= 11 is 1.17. The standard InChI is InChI=1S/C28H26N4O3S2/c1-3-20-7-6-8-22(15-20)30-26(33)18-36-28-29-16-25-27(31-28)23-9-4-5-10-24(23)32(37(25,34)35)17-21-13-11-19(2)12-14-21/h4-16H,3,17-18H2,1-2H3,(H,30,33). The number of carbonyl (C=O) groups is 1. The van der Waals surface area contributed by atoms with Gasteiger partial charge >= 0.3 is 0 Å². The normalized spacial score (nSPS) is 13.5. The second-order valence-electron chi connectivity index (χ2n) is 8.77. The fraction of sp³-hybridized carbons (Fsp3) is 0.179. The molecule has 0 aliphatic carbocycles. The van der Waals surface area contributed by atoms with Gasteiger partial charge in [-0.1, -0.05) is 78.8 Å². The number of aryl methyl sites for hydroxylation is 2. The van der Waals surface area contributed by atoms with Crippen LogP contribution in [-0.4, -0.2) is 30.0 Å². The van der Waals surface area contributed by atoms with Crippen LogP contribution in [0.15, 0.2) is 89.0 Å². The van der Waals surface area contributed by atoms with Crippen molar-refractivity contribution < 1.29 is 13.2 Å². The Morgan fingerprint density at radius 1 is 1.00 bits per heavy atom. The molecule has 2 heterocycles. The molecule has 1 aliphatic rings. The van der Waals surface area contributed by atoms with Crippen molar-refractivity contribution in [1.29, 1.82) is 0 Å². The monoisotopic (exact) mass is 530 g/mol. The van der Waals surface area contributed by atoms with Crippen molar-refractivity contribution in [3.63, 3.8) is 0 Å². The topological polar surface area (TPSA) is 92.3 Å². The Kier molecular flexibility index (Phi) is 6.99. The van der Waals surface area contributed by atoms with Crippen LogP contribution in [0.4, 0.5) is 11.4 Å². The molecule has 0 saturated heterocycles. The van der Waals surface area contributed by atoms with E-state index in [2.05, 4.69) is 22.2 Å². The molecule has 3 aromatic carbocycles. The lowest BCUT2D eigenvalue weighted by atomic mass is 10.1. The number of amides is 1. The lowest BCUT2D eigenvalue weighted by Crippen LogP contribution is -2.34. The van der Waals surface area contributed by atoms with Gasteiger partial charge in [-0.25, -0.2) is 18.4 Å². The van der Waals surface area contributed by atoms with Crippen LogP contribution in [0.5, 0.6) is 0 Å². The molecule has 0 radical (unpaired) electrons. The van der Waals surface area contributed by atoms with Crippen LogP contribution in [0.3, 0.4) is 0 Å². The van der Waals surface area contributed by atoms with Crippen LogP contribution in [0, 0.1) is 6.92 Å². The fourth-order valence-electron chi connectivity index (χ4n) is 4.17. The molecule has 9 heteroatoms. The predicted molar refractivity (Wildman–Crippen MR) is 147 cm³/mol. The molecule has 0 spiro atoms. The van der Waals surface area contributed by atoms with Crippen molar-refractivity contribution in [3.05, 3.63) is 95.7 Å². The number of nitrogens with one attached hydrogen (secondary N) is 1. The first kappa shape index (κ1) is 25.0. The maximum Gasteiger partial charge on any atom is 0.268 e. The van der Waals surface area contributed by atoms with Crippen molar-refractivity contribution in [2.45, 2.75) is 36.9 Å². The molecule has 0 bridgehead atoms. The first-order valence-electron chi connectivity index (χ1n) is 11.9. The molecule has 0 unspecified atom stereocenters. The third kappa shape index (κ3) is 5.23. The first-order chi connectivity index (χ1) is 17.8. The van der Waals surface area contributed by atoms with E-state index in [0.29, 0.717) is 22.1 Å². The lowest BCUT2D eigenvalue weighted by molar-refractivity contribution is -0.113. The second kappa shape index (κ2) is 10.4. The third-order valence-electron chi connectivity index (χ3n) is 6.13. The lowest BCUT2D eigenvalue weighted by Gasteiger charge is -2.31. The number of carbonyl (C=O) groups excluding carboxylic acids is 1. The van der Waals surface area contributed by atoms with Gasteiger partial charge in [0.2, 0.25) is 5.91 Å². The molecule has 0 saturated carbocycles. The van der Waals surface area contributed by atoms with E-state index in [1.54, 1.807) is 6.07 Å². The summed E-state index contributed by atoms with van der Waals surface area (Å²) in [6, 6.07) is 22.8. The van der Waals surface area contributed by atoms with Crippen LogP contribution >= 0.6 is 11.8 Å². The molecule has 4 aromatic rings. The zero-order valence-corrected chi connectivity index (χ0v) is 22.1. The molecule has 0 fully saturated rings. The van der Waals surface area contributed by atoms with Gasteiger partial charge in [-0.05, 0) is 42.7 Å². The van der Waals surface area contributed by atoms with Gasteiger partial charge in [0.1, 0.15) is 4.90 Å². The number of sulfonamides is 1. The number of aromatic nitrogens is 2. The Morgan fingerprint density at radius 3 is 2.57 bits per heavy atom. The minimum absolute atomic E-state index is 0.0588. The Labute approximate surface area is 221 Å². The molecule has 1 N–H and O–H groups in total. The van der Waals surface area contributed by atoms with Crippen LogP contribution in [0.1, 0.15) is 23.6 Å². The Hall–Kier alpha value is -3.69. The summed E-state index contributed by atoms with van der Waals surface area (Å²) in [5.41, 5.74) is 5.51. The van der Waals surface area contributed by atoms with Crippen molar-refractivity contribution in [2.24, 2.45) is 0 Å². The van der Waals surface area contributed by atoms with Gasteiger partial charge in [0.15, 0.2) is 5.16 Å². The van der Waals surface area contributed by atoms with Crippen molar-refractivity contribution in [2.75, 3.05) is 15.4 Å². The van der Waals surface area contributed by atoms with E-state index in [-0.39, 0.29) is 23.1 Å². The number of anilines is 2. The van der Waals surface area contributed by atoms with Crippen molar-refractivity contribution >= 4 is 39.1 Å². The highest BCUT2D eigenvalue weighted by Gasteiger charge is 2.36. The molecule has 5 rings (SSSR count). The number of benzene rings is 3. The van der Waals surface area contributed by atoms with Crippen molar-refractivity contribution in [1.82, 2.24) is 9.97 Å². The number of fused-ring (bicyclic) bond motifs is 3. The third-order valence-corrected chi connectivity index (χ3v) is 8.75. The Morgan fingerprint density at radius 2 is 1.78 bits per heavy atom. The second-order valence-corrected chi connectivity index (χ2v) is 11.5. The molecule has 1 aromatic heterocycles. The fourth-order valence-corrected chi connectivity index (χ4v) is 6.35. The zero-order valence-electron chi connectivity index (χ0n) is 20.5. The first-order valence-corrected chi connectivity index (χ1v) is 14.3. The average Bonchev–Trinajstić information content (AvgIpc) is 2.91. The molecule has 37 heavy (non-hydrogen) atoms. The summed E-state index contributed by atoms with van der Waals surface area (Å²) in [7, 11) is -3.88. The van der Waals surface area contributed by atoms with Gasteiger partial charge in [-0.15, -0.1) is 0 Å². The summed E-state index contributed by atoms with van der Waals surface area (Å²) in [5, 5.41) is 3.23. The van der Waals surface area contributed by atoms with Crippen molar-refractivity contribution in [3.8, 4) is 11.3 Å². The number of nitrogens with zero attached hydrogens (tertiary/aromatic N) is 3. The van der Waals surface area contributed by atoms with E-state index in [0.717, 1.165) is 28.8 Å². The van der Waals surface area contributed by atoms with E-state index in [9.17, 15) is 13.2 Å². The van der Waals surface area contributed by atoms with Crippen LogP contribution in [0.2, 0.25) is 0 Å². The van der Waals surface area contributed by atoms with Gasteiger partial charge in [-0.2, -0.15) is 0 Å². The van der Waals surface area contributed by atoms with Gasteiger partial charge in [0, 0.05) is 11.3 Å². The highest BCUT2D eigenvalue weighted by atomic mass is 32.2. The van der Waals surface area contributed by atoms with Crippen LogP contribution in [0.25, 0.3) is 11.3 Å². The molecular formula is C28H26N4O3S2. The largest absolute Gasteiger partial charge is 0.325 e. The number of rotatable bonds is 7. The smallest absolute Gasteiger partial charge is 0.268 e. The number of thioether (sulfide) groups is 1. The van der Waals surface area contributed by atoms with E-state index in [4.69, 9.17) is 0 Å². The Balaban J connectivity index is 1.39. The molecule has 188 valence electrons. The minimum atomic E-state index is -3.88. The van der Waals surface area contributed by atoms with E-state index in [1.165, 1.54) is 22.3 Å². The quantitative estimate of drug-likeness (QED) is 0.252. The predicted octanol–water partition coefficient (Wildman–Crippen LogP) is 5.45. The minimum Gasteiger partial charge on any atom is -0.325 e. The zero-order chi connectivity index (χ0) is 26.0. The molecule has 1 amide bonds. The van der Waals surface area contributed by atoms with Gasteiger partial charge < -0.3 is 5.32 Å². The molecular weight excluding hydrogens is 504 g/mol. The molecule has 7 nitrogen and oxygen atoms in total. The summed E-state index contributed by atoms with van der Waals surface area (Å²) in [4.78, 5) is 21.4. The molecule has 1 aliphatic heterocycles. The maximum absolute atomic E-state index is 13.6. The van der Waals surface area contributed by atoms with E-state index >= 15 is 0 Å². The van der Waals surface area contributed by atoms with Crippen LogP contribution in [-0.2, 0) is 27.8 Å². The van der Waals surface area contributed by atoms with E-state index < -0.39 is 10.0 Å². The van der Waals surface area contributed by atoms with Gasteiger partial charge in [0.25, 0.3) is 10.0 Å². The number of hydrogen-bond donors (Lipinski definition) is 1. The van der Waals surface area contributed by atoms with E-state index in [1.807, 2.05) is 73.7 Å².